The Hall–Kier alpha value is -2.77. The van der Waals surface area contributed by atoms with Gasteiger partial charge in [0.25, 0.3) is 0 Å². The molecule has 1 aromatic heterocycles. The van der Waals surface area contributed by atoms with Crippen molar-refractivity contribution in [2.24, 2.45) is 5.41 Å². The summed E-state index contributed by atoms with van der Waals surface area (Å²) in [6, 6.07) is 6.77. The largest absolute Gasteiger partial charge is 0.459 e. The van der Waals surface area contributed by atoms with Crippen molar-refractivity contribution in [3.8, 4) is 17.1 Å². The first-order valence-electron chi connectivity index (χ1n) is 8.26. The molecular formula is C18H24N4O4. The SMILES string of the molecule is CC(C)(C)OC(=O)Cn1nnc(-c2ccc(OC(=O)C(C)(C)C)cc2)n1. The number of hydrogen-bond donors (Lipinski definition) is 0. The van der Waals surface area contributed by atoms with E-state index in [0.29, 0.717) is 17.1 Å². The van der Waals surface area contributed by atoms with Crippen molar-refractivity contribution in [2.75, 3.05) is 0 Å². The molecule has 0 aliphatic carbocycles. The Balaban J connectivity index is 2.03. The summed E-state index contributed by atoms with van der Waals surface area (Å²) in [7, 11) is 0. The summed E-state index contributed by atoms with van der Waals surface area (Å²) in [6.45, 7) is 10.6. The van der Waals surface area contributed by atoms with Gasteiger partial charge in [-0.2, -0.15) is 4.80 Å². The van der Waals surface area contributed by atoms with Crippen LogP contribution in [0.5, 0.6) is 5.75 Å². The van der Waals surface area contributed by atoms with E-state index in [9.17, 15) is 9.59 Å². The minimum Gasteiger partial charge on any atom is -0.459 e. The third kappa shape index (κ3) is 5.65. The number of benzene rings is 1. The molecule has 0 aliphatic heterocycles. The van der Waals surface area contributed by atoms with E-state index in [1.165, 1.54) is 4.80 Å². The molecule has 8 nitrogen and oxygen atoms in total. The molecule has 0 fully saturated rings. The smallest absolute Gasteiger partial charge is 0.330 e. The van der Waals surface area contributed by atoms with Crippen LogP contribution in [-0.4, -0.2) is 37.7 Å². The maximum absolute atomic E-state index is 11.9. The van der Waals surface area contributed by atoms with Crippen LogP contribution in [0.2, 0.25) is 0 Å². The number of aromatic nitrogens is 4. The molecule has 0 atom stereocenters. The van der Waals surface area contributed by atoms with Gasteiger partial charge in [-0.25, -0.2) is 4.79 Å². The van der Waals surface area contributed by atoms with Crippen molar-refractivity contribution in [2.45, 2.75) is 53.7 Å². The molecule has 0 unspecified atom stereocenters. The highest BCUT2D eigenvalue weighted by Gasteiger charge is 2.23. The zero-order valence-corrected chi connectivity index (χ0v) is 15.9. The van der Waals surface area contributed by atoms with Crippen LogP contribution in [0, 0.1) is 5.41 Å². The fraction of sp³-hybridized carbons (Fsp3) is 0.500. The lowest BCUT2D eigenvalue weighted by atomic mass is 9.97. The molecule has 140 valence electrons. The van der Waals surface area contributed by atoms with Crippen molar-refractivity contribution in [1.29, 1.82) is 0 Å². The molecule has 1 heterocycles. The number of nitrogens with zero attached hydrogens (tertiary/aromatic N) is 4. The molecule has 0 bridgehead atoms. The topological polar surface area (TPSA) is 96.2 Å². The van der Waals surface area contributed by atoms with Gasteiger partial charge >= 0.3 is 11.9 Å². The first-order chi connectivity index (χ1) is 11.9. The Bertz CT molecular complexity index is 783. The lowest BCUT2D eigenvalue weighted by Gasteiger charge is -2.18. The predicted octanol–water partition coefficient (Wildman–Crippen LogP) is 2.63. The van der Waals surface area contributed by atoms with Crippen molar-refractivity contribution >= 4 is 11.9 Å². The van der Waals surface area contributed by atoms with Gasteiger partial charge in [-0.15, -0.1) is 10.2 Å². The summed E-state index contributed by atoms with van der Waals surface area (Å²) in [5.74, 6) is 0.0506. The van der Waals surface area contributed by atoms with Crippen LogP contribution in [0.4, 0.5) is 0 Å². The number of hydrogen-bond acceptors (Lipinski definition) is 7. The molecule has 2 aromatic rings. The first kappa shape index (κ1) is 19.6. The molecule has 2 rings (SSSR count). The second-order valence-corrected chi connectivity index (χ2v) is 7.89. The monoisotopic (exact) mass is 360 g/mol. The summed E-state index contributed by atoms with van der Waals surface area (Å²) in [5.41, 5.74) is -0.457. The van der Waals surface area contributed by atoms with Gasteiger partial charge in [0.2, 0.25) is 5.82 Å². The zero-order valence-electron chi connectivity index (χ0n) is 15.9. The van der Waals surface area contributed by atoms with Gasteiger partial charge in [0, 0.05) is 5.56 Å². The highest BCUT2D eigenvalue weighted by molar-refractivity contribution is 5.78. The van der Waals surface area contributed by atoms with E-state index in [0.717, 1.165) is 0 Å². The molecular weight excluding hydrogens is 336 g/mol. The molecule has 0 amide bonds. The molecule has 8 heteroatoms. The standard InChI is InChI=1S/C18H24N4O4/c1-17(2,3)16(24)25-13-9-7-12(8-10-13)15-19-21-22(20-15)11-14(23)26-18(4,5)6/h7-10H,11H2,1-6H3. The Morgan fingerprint density at radius 1 is 1.04 bits per heavy atom. The van der Waals surface area contributed by atoms with E-state index in [2.05, 4.69) is 15.4 Å². The predicted molar refractivity (Wildman–Crippen MR) is 94.2 cm³/mol. The first-order valence-corrected chi connectivity index (χ1v) is 8.26. The second kappa shape index (κ2) is 7.23. The second-order valence-electron chi connectivity index (χ2n) is 7.89. The van der Waals surface area contributed by atoms with Gasteiger partial charge in [0.1, 0.15) is 11.4 Å². The third-order valence-electron chi connectivity index (χ3n) is 3.08. The maximum Gasteiger partial charge on any atom is 0.330 e. The minimum atomic E-state index is -0.579. The average molecular weight is 360 g/mol. The highest BCUT2D eigenvalue weighted by Crippen LogP contribution is 2.22. The van der Waals surface area contributed by atoms with Crippen LogP contribution < -0.4 is 4.74 Å². The average Bonchev–Trinajstić information content (AvgIpc) is 2.93. The molecule has 0 saturated carbocycles. The van der Waals surface area contributed by atoms with Crippen molar-refractivity contribution in [1.82, 2.24) is 20.2 Å². The molecule has 0 N–H and O–H groups in total. The van der Waals surface area contributed by atoms with Gasteiger partial charge in [-0.3, -0.25) is 4.79 Å². The molecule has 26 heavy (non-hydrogen) atoms. The quantitative estimate of drug-likeness (QED) is 0.611. The van der Waals surface area contributed by atoms with Crippen LogP contribution in [0.15, 0.2) is 24.3 Å². The molecule has 0 saturated heterocycles. The minimum absolute atomic E-state index is 0.119. The Morgan fingerprint density at radius 3 is 2.19 bits per heavy atom. The molecule has 1 aromatic carbocycles. The number of rotatable bonds is 4. The van der Waals surface area contributed by atoms with Crippen molar-refractivity contribution in [3.63, 3.8) is 0 Å². The summed E-state index contributed by atoms with van der Waals surface area (Å²) < 4.78 is 10.5. The van der Waals surface area contributed by atoms with Crippen LogP contribution in [-0.2, 0) is 20.9 Å². The van der Waals surface area contributed by atoms with Crippen LogP contribution >= 0.6 is 0 Å². The summed E-state index contributed by atoms with van der Waals surface area (Å²) in [4.78, 5) is 24.9. The van der Waals surface area contributed by atoms with Gasteiger partial charge in [-0.05, 0) is 71.0 Å². The van der Waals surface area contributed by atoms with E-state index < -0.39 is 17.0 Å². The Morgan fingerprint density at radius 2 is 1.65 bits per heavy atom. The normalized spacial score (nSPS) is 11.9. The lowest BCUT2D eigenvalue weighted by Crippen LogP contribution is -2.27. The van der Waals surface area contributed by atoms with Crippen molar-refractivity contribution < 1.29 is 19.1 Å². The zero-order chi connectivity index (χ0) is 19.5. The van der Waals surface area contributed by atoms with Gasteiger partial charge in [-0.1, -0.05) is 0 Å². The van der Waals surface area contributed by atoms with E-state index in [4.69, 9.17) is 9.47 Å². The van der Waals surface area contributed by atoms with Crippen LogP contribution in [0.1, 0.15) is 41.5 Å². The number of tetrazole rings is 1. The lowest BCUT2D eigenvalue weighted by molar-refractivity contribution is -0.156. The molecule has 0 radical (unpaired) electrons. The summed E-state index contributed by atoms with van der Waals surface area (Å²) in [5, 5.41) is 12.0. The fourth-order valence-electron chi connectivity index (χ4n) is 1.85. The number of ether oxygens (including phenoxy) is 2. The van der Waals surface area contributed by atoms with Crippen molar-refractivity contribution in [3.05, 3.63) is 24.3 Å². The number of esters is 2. The number of carbonyl (C=O) groups is 2. The van der Waals surface area contributed by atoms with Crippen LogP contribution in [0.25, 0.3) is 11.4 Å². The number of carbonyl (C=O) groups excluding carboxylic acids is 2. The summed E-state index contributed by atoms with van der Waals surface area (Å²) >= 11 is 0. The summed E-state index contributed by atoms with van der Waals surface area (Å²) in [6.07, 6.45) is 0. The van der Waals surface area contributed by atoms with E-state index in [1.54, 1.807) is 65.8 Å². The van der Waals surface area contributed by atoms with Gasteiger partial charge in [0.15, 0.2) is 6.54 Å². The Labute approximate surface area is 152 Å². The maximum atomic E-state index is 11.9. The van der Waals surface area contributed by atoms with Gasteiger partial charge in [0.05, 0.1) is 5.41 Å². The molecule has 0 spiro atoms. The fourth-order valence-corrected chi connectivity index (χ4v) is 1.85. The van der Waals surface area contributed by atoms with E-state index >= 15 is 0 Å². The third-order valence-corrected chi connectivity index (χ3v) is 3.08. The Kier molecular flexibility index (Phi) is 5.44. The van der Waals surface area contributed by atoms with Crippen LogP contribution in [0.3, 0.4) is 0 Å². The van der Waals surface area contributed by atoms with Gasteiger partial charge < -0.3 is 9.47 Å². The van der Waals surface area contributed by atoms with E-state index in [-0.39, 0.29) is 12.5 Å². The molecule has 0 aliphatic rings. The van der Waals surface area contributed by atoms with E-state index in [1.807, 2.05) is 0 Å². The highest BCUT2D eigenvalue weighted by atomic mass is 16.6.